The van der Waals surface area contributed by atoms with Gasteiger partial charge in [-0.2, -0.15) is 0 Å². The lowest BCUT2D eigenvalue weighted by Crippen LogP contribution is -2.28. The van der Waals surface area contributed by atoms with Crippen LogP contribution in [0.15, 0.2) is 24.3 Å². The van der Waals surface area contributed by atoms with Gasteiger partial charge in [-0.15, -0.1) is 11.3 Å². The fraction of sp³-hybridized carbons (Fsp3) is 0.429. The van der Waals surface area contributed by atoms with Gasteiger partial charge in [-0.3, -0.25) is 0 Å². The molecule has 98 valence electrons. The van der Waals surface area contributed by atoms with Crippen LogP contribution in [0.1, 0.15) is 25.1 Å². The van der Waals surface area contributed by atoms with E-state index < -0.39 is 0 Å². The van der Waals surface area contributed by atoms with E-state index in [0.717, 1.165) is 28.3 Å². The van der Waals surface area contributed by atoms with E-state index in [1.165, 1.54) is 4.70 Å². The van der Waals surface area contributed by atoms with Crippen LogP contribution in [0.4, 0.5) is 0 Å². The van der Waals surface area contributed by atoms with E-state index in [0.29, 0.717) is 0 Å². The molecule has 0 aliphatic rings. The first-order valence-corrected chi connectivity index (χ1v) is 7.34. The fourth-order valence-corrected chi connectivity index (χ4v) is 3.49. The third-order valence-electron chi connectivity index (χ3n) is 2.91. The lowest BCUT2D eigenvalue weighted by molar-refractivity contribution is 0.170. The predicted octanol–water partition coefficient (Wildman–Crippen LogP) is 3.80. The van der Waals surface area contributed by atoms with E-state index >= 15 is 0 Å². The van der Waals surface area contributed by atoms with Crippen LogP contribution in [0.2, 0.25) is 5.02 Å². The molecule has 0 fully saturated rings. The maximum absolute atomic E-state index is 9.33. The second-order valence-corrected chi connectivity index (χ2v) is 6.22. The average Bonchev–Trinajstić information content (AvgIpc) is 2.64. The molecule has 2 unspecified atom stereocenters. The normalized spacial score (nSPS) is 14.9. The zero-order chi connectivity index (χ0) is 13.1. The van der Waals surface area contributed by atoms with Gasteiger partial charge in [0.15, 0.2) is 0 Å². The first-order valence-electron chi connectivity index (χ1n) is 6.15. The molecular formula is C14H18ClNOS. The minimum absolute atomic E-state index is 0.273. The molecule has 1 aromatic carbocycles. The molecule has 0 bridgehead atoms. The summed E-state index contributed by atoms with van der Waals surface area (Å²) in [6.45, 7) is 4.64. The Bertz CT molecular complexity index is 523. The quantitative estimate of drug-likeness (QED) is 0.875. The van der Waals surface area contributed by atoms with Crippen molar-refractivity contribution < 1.29 is 5.11 Å². The Morgan fingerprint density at radius 1 is 1.33 bits per heavy atom. The highest BCUT2D eigenvalue weighted by Gasteiger charge is 2.11. The van der Waals surface area contributed by atoms with Crippen molar-refractivity contribution in [2.75, 3.05) is 0 Å². The fourth-order valence-electron chi connectivity index (χ4n) is 2.04. The molecule has 0 saturated heterocycles. The van der Waals surface area contributed by atoms with Crippen molar-refractivity contribution in [3.05, 3.63) is 34.2 Å². The third-order valence-corrected chi connectivity index (χ3v) is 4.62. The minimum Gasteiger partial charge on any atom is -0.393 e. The van der Waals surface area contributed by atoms with E-state index in [1.807, 2.05) is 19.1 Å². The van der Waals surface area contributed by atoms with Crippen LogP contribution >= 0.6 is 22.9 Å². The van der Waals surface area contributed by atoms with Crippen LogP contribution in [-0.2, 0) is 6.54 Å². The van der Waals surface area contributed by atoms with E-state index in [-0.39, 0.29) is 12.1 Å². The van der Waals surface area contributed by atoms with Crippen molar-refractivity contribution in [2.24, 2.45) is 0 Å². The van der Waals surface area contributed by atoms with Crippen LogP contribution in [0, 0.1) is 0 Å². The second kappa shape index (κ2) is 6.02. The standard InChI is InChI=1S/C14H18ClNOS/c1-9(7-10(2)17)16-8-13-14(15)11-5-3-4-6-12(11)18-13/h3-6,9-10,16-17H,7-8H2,1-2H3. The molecule has 18 heavy (non-hydrogen) atoms. The summed E-state index contributed by atoms with van der Waals surface area (Å²) in [5, 5.41) is 14.7. The van der Waals surface area contributed by atoms with Gasteiger partial charge in [-0.1, -0.05) is 29.8 Å². The van der Waals surface area contributed by atoms with Crippen LogP contribution in [0.3, 0.4) is 0 Å². The van der Waals surface area contributed by atoms with Gasteiger partial charge < -0.3 is 10.4 Å². The first-order chi connectivity index (χ1) is 8.58. The van der Waals surface area contributed by atoms with Crippen LogP contribution < -0.4 is 5.32 Å². The molecular weight excluding hydrogens is 266 g/mol. The van der Waals surface area contributed by atoms with Crippen molar-refractivity contribution in [2.45, 2.75) is 39.0 Å². The molecule has 1 aromatic heterocycles. The number of hydrogen-bond acceptors (Lipinski definition) is 3. The number of thiophene rings is 1. The number of nitrogens with one attached hydrogen (secondary N) is 1. The Morgan fingerprint density at radius 3 is 2.72 bits per heavy atom. The molecule has 0 radical (unpaired) electrons. The highest BCUT2D eigenvalue weighted by Crippen LogP contribution is 2.34. The summed E-state index contributed by atoms with van der Waals surface area (Å²) in [7, 11) is 0. The van der Waals surface area contributed by atoms with Crippen LogP contribution in [0.5, 0.6) is 0 Å². The Balaban J connectivity index is 2.06. The zero-order valence-corrected chi connectivity index (χ0v) is 12.2. The molecule has 1 heterocycles. The largest absolute Gasteiger partial charge is 0.393 e. The molecule has 0 spiro atoms. The highest BCUT2D eigenvalue weighted by molar-refractivity contribution is 7.19. The van der Waals surface area contributed by atoms with Gasteiger partial charge in [0.1, 0.15) is 0 Å². The van der Waals surface area contributed by atoms with E-state index in [1.54, 1.807) is 11.3 Å². The molecule has 2 N–H and O–H groups in total. The molecule has 0 amide bonds. The number of fused-ring (bicyclic) bond motifs is 1. The molecule has 2 atom stereocenters. The molecule has 2 nitrogen and oxygen atoms in total. The maximum atomic E-state index is 9.33. The molecule has 0 saturated carbocycles. The molecule has 4 heteroatoms. The number of hydrogen-bond donors (Lipinski definition) is 2. The van der Waals surface area contributed by atoms with Gasteiger partial charge in [-0.25, -0.2) is 0 Å². The van der Waals surface area contributed by atoms with Gasteiger partial charge in [0.25, 0.3) is 0 Å². The summed E-state index contributed by atoms with van der Waals surface area (Å²) < 4.78 is 1.22. The second-order valence-electron chi connectivity index (χ2n) is 4.70. The van der Waals surface area contributed by atoms with E-state index in [9.17, 15) is 5.11 Å². The van der Waals surface area contributed by atoms with E-state index in [2.05, 4.69) is 24.4 Å². The maximum Gasteiger partial charge on any atom is 0.0636 e. The lowest BCUT2D eigenvalue weighted by Gasteiger charge is -2.14. The number of rotatable bonds is 5. The average molecular weight is 284 g/mol. The topological polar surface area (TPSA) is 32.3 Å². The van der Waals surface area contributed by atoms with Gasteiger partial charge in [0.05, 0.1) is 11.1 Å². The van der Waals surface area contributed by atoms with Gasteiger partial charge in [-0.05, 0) is 26.3 Å². The van der Waals surface area contributed by atoms with Crippen molar-refractivity contribution in [3.63, 3.8) is 0 Å². The predicted molar refractivity (Wildman–Crippen MR) is 79.4 cm³/mol. The molecule has 0 aliphatic carbocycles. The summed E-state index contributed by atoms with van der Waals surface area (Å²) in [6, 6.07) is 8.47. The molecule has 2 rings (SSSR count). The monoisotopic (exact) mass is 283 g/mol. The summed E-state index contributed by atoms with van der Waals surface area (Å²) in [6.07, 6.45) is 0.480. The van der Waals surface area contributed by atoms with Gasteiger partial charge in [0, 0.05) is 27.5 Å². The SMILES string of the molecule is CC(O)CC(C)NCc1sc2ccccc2c1Cl. The Hall–Kier alpha value is -0.610. The number of benzene rings is 1. The summed E-state index contributed by atoms with van der Waals surface area (Å²) in [4.78, 5) is 1.16. The van der Waals surface area contributed by atoms with Crippen molar-refractivity contribution in [1.29, 1.82) is 0 Å². The third kappa shape index (κ3) is 3.23. The van der Waals surface area contributed by atoms with Crippen molar-refractivity contribution >= 4 is 33.0 Å². The highest BCUT2D eigenvalue weighted by atomic mass is 35.5. The van der Waals surface area contributed by atoms with Crippen molar-refractivity contribution in [1.82, 2.24) is 5.32 Å². The summed E-state index contributed by atoms with van der Waals surface area (Å²) in [5.41, 5.74) is 0. The van der Waals surface area contributed by atoms with E-state index in [4.69, 9.17) is 11.6 Å². The summed E-state index contributed by atoms with van der Waals surface area (Å²) >= 11 is 8.10. The summed E-state index contributed by atoms with van der Waals surface area (Å²) in [5.74, 6) is 0. The lowest BCUT2D eigenvalue weighted by atomic mass is 10.1. The zero-order valence-electron chi connectivity index (χ0n) is 10.6. The first kappa shape index (κ1) is 13.8. The van der Waals surface area contributed by atoms with Crippen LogP contribution in [-0.4, -0.2) is 17.3 Å². The number of aliphatic hydroxyl groups is 1. The number of halogens is 1. The molecule has 0 aliphatic heterocycles. The van der Waals surface area contributed by atoms with Crippen molar-refractivity contribution in [3.8, 4) is 0 Å². The smallest absolute Gasteiger partial charge is 0.0636 e. The van der Waals surface area contributed by atoms with Gasteiger partial charge >= 0.3 is 0 Å². The molecule has 2 aromatic rings. The van der Waals surface area contributed by atoms with Gasteiger partial charge in [0.2, 0.25) is 0 Å². The Kier molecular flexibility index (Phi) is 4.62. The number of aliphatic hydroxyl groups excluding tert-OH is 1. The van der Waals surface area contributed by atoms with Crippen LogP contribution in [0.25, 0.3) is 10.1 Å². The minimum atomic E-state index is -0.273. The Morgan fingerprint density at radius 2 is 2.06 bits per heavy atom. The Labute approximate surface area is 117 Å².